The number of hydrogen-bond donors (Lipinski definition) is 1. The summed E-state index contributed by atoms with van der Waals surface area (Å²) in [6, 6.07) is 5.70. The van der Waals surface area contributed by atoms with Crippen LogP contribution in [0, 0.1) is 6.92 Å². The quantitative estimate of drug-likeness (QED) is 0.898. The lowest BCUT2D eigenvalue weighted by Crippen LogP contribution is -2.01. The van der Waals surface area contributed by atoms with Crippen LogP contribution in [0.3, 0.4) is 0 Å². The van der Waals surface area contributed by atoms with Crippen LogP contribution >= 0.6 is 15.9 Å². The molecule has 14 heavy (non-hydrogen) atoms. The first-order valence-corrected chi connectivity index (χ1v) is 5.10. The molecule has 0 aliphatic rings. The average molecular weight is 257 g/mol. The zero-order valence-corrected chi connectivity index (χ0v) is 9.67. The van der Waals surface area contributed by atoms with E-state index in [4.69, 9.17) is 9.84 Å². The Hall–Kier alpha value is -0.800. The molecule has 76 valence electrons. The van der Waals surface area contributed by atoms with Crippen molar-refractivity contribution in [1.82, 2.24) is 0 Å². The highest BCUT2D eigenvalue weighted by molar-refractivity contribution is 9.11. The molecule has 0 aliphatic carbocycles. The van der Waals surface area contributed by atoms with Gasteiger partial charge in [-0.3, -0.25) is 0 Å². The molecule has 0 aliphatic heterocycles. The minimum atomic E-state index is -0.00816. The van der Waals surface area contributed by atoms with E-state index in [-0.39, 0.29) is 6.61 Å². The normalized spacial score (nSPS) is 9.93. The highest BCUT2D eigenvalue weighted by Crippen LogP contribution is 2.24. The summed E-state index contributed by atoms with van der Waals surface area (Å²) in [6.45, 7) is 6.04. The summed E-state index contributed by atoms with van der Waals surface area (Å²) in [5, 5.41) is 9.09. The van der Waals surface area contributed by atoms with Crippen molar-refractivity contribution in [3.63, 3.8) is 0 Å². The average Bonchev–Trinajstić information content (AvgIpc) is 2.15. The summed E-state index contributed by atoms with van der Waals surface area (Å²) in [5.74, 6) is 0.746. The fourth-order valence-corrected chi connectivity index (χ4v) is 1.31. The van der Waals surface area contributed by atoms with Crippen molar-refractivity contribution in [2.45, 2.75) is 13.5 Å². The van der Waals surface area contributed by atoms with E-state index in [1.165, 1.54) is 0 Å². The predicted octanol–water partition coefficient (Wildman–Crippen LogP) is 2.77. The number of ether oxygens (including phenoxy) is 1. The van der Waals surface area contributed by atoms with Crippen LogP contribution < -0.4 is 4.74 Å². The second-order valence-corrected chi connectivity index (χ2v) is 4.15. The van der Waals surface area contributed by atoms with E-state index in [0.717, 1.165) is 21.4 Å². The molecular weight excluding hydrogens is 244 g/mol. The van der Waals surface area contributed by atoms with Gasteiger partial charge in [-0.15, -0.1) is 0 Å². The molecule has 3 heteroatoms. The number of hydrogen-bond acceptors (Lipinski definition) is 2. The van der Waals surface area contributed by atoms with Gasteiger partial charge in [-0.25, -0.2) is 0 Å². The van der Waals surface area contributed by atoms with Crippen molar-refractivity contribution in [2.75, 3.05) is 6.61 Å². The molecule has 0 fully saturated rings. The molecule has 1 N–H and O–H groups in total. The molecule has 1 rings (SSSR count). The third kappa shape index (κ3) is 2.86. The summed E-state index contributed by atoms with van der Waals surface area (Å²) in [6.07, 6.45) is 0. The molecule has 0 saturated heterocycles. The molecule has 0 spiro atoms. The van der Waals surface area contributed by atoms with Crippen molar-refractivity contribution in [3.05, 3.63) is 40.4 Å². The first kappa shape index (κ1) is 11.3. The lowest BCUT2D eigenvalue weighted by Gasteiger charge is -2.11. The van der Waals surface area contributed by atoms with Gasteiger partial charge in [0.2, 0.25) is 0 Å². The third-order valence-electron chi connectivity index (χ3n) is 1.84. The van der Waals surface area contributed by atoms with E-state index < -0.39 is 0 Å². The van der Waals surface area contributed by atoms with Gasteiger partial charge in [-0.2, -0.15) is 0 Å². The van der Waals surface area contributed by atoms with Crippen LogP contribution in [0.5, 0.6) is 5.75 Å². The van der Waals surface area contributed by atoms with Crippen molar-refractivity contribution >= 4 is 15.9 Å². The van der Waals surface area contributed by atoms with E-state index in [9.17, 15) is 0 Å². The molecule has 0 amide bonds. The first-order chi connectivity index (χ1) is 6.65. The molecule has 2 nitrogen and oxygen atoms in total. The van der Waals surface area contributed by atoms with Crippen molar-refractivity contribution in [1.29, 1.82) is 0 Å². The molecule has 0 saturated carbocycles. The number of halogens is 1. The summed E-state index contributed by atoms with van der Waals surface area (Å²) in [5.41, 5.74) is 1.82. The Bertz CT molecular complexity index is 334. The van der Waals surface area contributed by atoms with Crippen molar-refractivity contribution < 1.29 is 9.84 Å². The standard InChI is InChI=1S/C11H13BrO2/c1-8-4-3-5-10(6-13)11(8)14-7-9(2)12/h3-5,13H,2,6-7H2,1H3. The van der Waals surface area contributed by atoms with Crippen LogP contribution in [0.15, 0.2) is 29.3 Å². The van der Waals surface area contributed by atoms with E-state index in [2.05, 4.69) is 22.5 Å². The number of para-hydroxylation sites is 1. The zero-order chi connectivity index (χ0) is 10.6. The Kier molecular flexibility index (Phi) is 4.17. The van der Waals surface area contributed by atoms with Gasteiger partial charge in [-0.1, -0.05) is 40.7 Å². The molecule has 1 aromatic rings. The van der Waals surface area contributed by atoms with E-state index in [1.807, 2.05) is 25.1 Å². The van der Waals surface area contributed by atoms with Crippen molar-refractivity contribution in [2.24, 2.45) is 0 Å². The molecule has 0 bridgehead atoms. The summed E-state index contributed by atoms with van der Waals surface area (Å²) in [7, 11) is 0. The predicted molar refractivity (Wildman–Crippen MR) is 60.7 cm³/mol. The lowest BCUT2D eigenvalue weighted by atomic mass is 10.1. The second-order valence-electron chi connectivity index (χ2n) is 3.03. The highest BCUT2D eigenvalue weighted by atomic mass is 79.9. The third-order valence-corrected chi connectivity index (χ3v) is 2.07. The SMILES string of the molecule is C=C(Br)COc1c(C)cccc1CO. The van der Waals surface area contributed by atoms with Crippen LogP contribution in [-0.2, 0) is 6.61 Å². The Morgan fingerprint density at radius 3 is 2.86 bits per heavy atom. The monoisotopic (exact) mass is 256 g/mol. The fraction of sp³-hybridized carbons (Fsp3) is 0.273. The van der Waals surface area contributed by atoms with Gasteiger partial charge in [0, 0.05) is 10.0 Å². The van der Waals surface area contributed by atoms with Gasteiger partial charge in [0.15, 0.2) is 0 Å². The van der Waals surface area contributed by atoms with Gasteiger partial charge in [0.1, 0.15) is 12.4 Å². The van der Waals surface area contributed by atoms with Crippen molar-refractivity contribution in [3.8, 4) is 5.75 Å². The van der Waals surface area contributed by atoms with Gasteiger partial charge in [-0.05, 0) is 12.5 Å². The molecule has 0 unspecified atom stereocenters. The van der Waals surface area contributed by atoms with E-state index in [1.54, 1.807) is 0 Å². The van der Waals surface area contributed by atoms with Crippen LogP contribution in [0.4, 0.5) is 0 Å². The number of aryl methyl sites for hydroxylation is 1. The van der Waals surface area contributed by atoms with Crippen LogP contribution in [0.1, 0.15) is 11.1 Å². The maximum Gasteiger partial charge on any atom is 0.128 e. The van der Waals surface area contributed by atoms with Gasteiger partial charge >= 0.3 is 0 Å². The van der Waals surface area contributed by atoms with E-state index >= 15 is 0 Å². The lowest BCUT2D eigenvalue weighted by molar-refractivity contribution is 0.269. The maximum absolute atomic E-state index is 9.09. The Morgan fingerprint density at radius 1 is 1.57 bits per heavy atom. The molecule has 0 heterocycles. The molecule has 0 aromatic heterocycles. The van der Waals surface area contributed by atoms with Gasteiger partial charge < -0.3 is 9.84 Å². The Morgan fingerprint density at radius 2 is 2.29 bits per heavy atom. The maximum atomic E-state index is 9.09. The zero-order valence-electron chi connectivity index (χ0n) is 8.09. The smallest absolute Gasteiger partial charge is 0.128 e. The number of rotatable bonds is 4. The summed E-state index contributed by atoms with van der Waals surface area (Å²) in [4.78, 5) is 0. The Balaban J connectivity index is 2.87. The minimum absolute atomic E-state index is 0.00816. The van der Waals surface area contributed by atoms with Crippen LogP contribution in [0.2, 0.25) is 0 Å². The number of aliphatic hydroxyl groups excluding tert-OH is 1. The number of aliphatic hydroxyl groups is 1. The van der Waals surface area contributed by atoms with Crippen LogP contribution in [0.25, 0.3) is 0 Å². The highest BCUT2D eigenvalue weighted by Gasteiger charge is 2.05. The number of benzene rings is 1. The Labute approximate surface area is 92.3 Å². The van der Waals surface area contributed by atoms with E-state index in [0.29, 0.717) is 6.61 Å². The van der Waals surface area contributed by atoms with Gasteiger partial charge in [0.25, 0.3) is 0 Å². The molecule has 1 aromatic carbocycles. The summed E-state index contributed by atoms with van der Waals surface area (Å²) >= 11 is 3.22. The summed E-state index contributed by atoms with van der Waals surface area (Å²) < 4.78 is 6.30. The second kappa shape index (κ2) is 5.17. The fourth-order valence-electron chi connectivity index (χ4n) is 1.19. The van der Waals surface area contributed by atoms with Gasteiger partial charge in [0.05, 0.1) is 6.61 Å². The molecule has 0 radical (unpaired) electrons. The molecular formula is C11H13BrO2. The first-order valence-electron chi connectivity index (χ1n) is 4.30. The van der Waals surface area contributed by atoms with Crippen LogP contribution in [-0.4, -0.2) is 11.7 Å². The topological polar surface area (TPSA) is 29.5 Å². The largest absolute Gasteiger partial charge is 0.488 e. The minimum Gasteiger partial charge on any atom is -0.488 e. The molecule has 0 atom stereocenters.